The number of hydrogen-bond acceptors (Lipinski definition) is 8. The summed E-state index contributed by atoms with van der Waals surface area (Å²) in [5, 5.41) is 19.9. The van der Waals surface area contributed by atoms with Crippen molar-refractivity contribution in [2.75, 3.05) is 31.2 Å². The monoisotopic (exact) mass is 601 g/mol. The largest absolute Gasteiger partial charge is 0.462 e. The fraction of sp³-hybridized carbons (Fsp3) is 0.676. The minimum absolute atomic E-state index is 0.250. The first-order chi connectivity index (χ1) is 20.2. The summed E-state index contributed by atoms with van der Waals surface area (Å²) < 4.78 is 10.7. The van der Waals surface area contributed by atoms with E-state index in [1.54, 1.807) is 13.8 Å². The molecule has 0 bridgehead atoms. The quantitative estimate of drug-likeness (QED) is 0.0927. The normalized spacial score (nSPS) is 13.8. The number of benzene rings is 1. The number of esters is 1. The van der Waals surface area contributed by atoms with E-state index < -0.39 is 12.3 Å². The Morgan fingerprint density at radius 3 is 2.05 bits per heavy atom. The smallest absolute Gasteiger partial charge is 0.341 e. The van der Waals surface area contributed by atoms with Crippen LogP contribution in [0.3, 0.4) is 0 Å². The number of nitrogens with zero attached hydrogens (tertiary/aromatic N) is 3. The van der Waals surface area contributed by atoms with E-state index in [-0.39, 0.29) is 6.61 Å². The number of thiophene rings is 1. The van der Waals surface area contributed by atoms with Crippen LogP contribution in [-0.2, 0) is 9.47 Å². The van der Waals surface area contributed by atoms with E-state index >= 15 is 0 Å². The fourth-order valence-corrected chi connectivity index (χ4v) is 6.34. The number of carbonyl (C=O) groups excluding carboxylic acids is 1. The number of ether oxygens (including phenoxy) is 2. The van der Waals surface area contributed by atoms with Crippen LogP contribution < -0.4 is 4.90 Å². The molecule has 0 aliphatic carbocycles. The zero-order valence-electron chi connectivity index (χ0n) is 27.4. The molecule has 0 fully saturated rings. The molecule has 1 aromatic carbocycles. The molecule has 0 radical (unpaired) electrons. The number of aliphatic hydroxyl groups is 1. The van der Waals surface area contributed by atoms with Crippen LogP contribution in [0.1, 0.15) is 126 Å². The molecular formula is C34H55N3O4S. The Kier molecular flexibility index (Phi) is 16.3. The number of azo groups is 1. The van der Waals surface area contributed by atoms with Crippen molar-refractivity contribution >= 4 is 33.7 Å². The summed E-state index contributed by atoms with van der Waals surface area (Å²) in [5.41, 5.74) is 3.96. The Balaban J connectivity index is 2.41. The molecule has 0 amide bonds. The van der Waals surface area contributed by atoms with E-state index in [0.717, 1.165) is 24.3 Å². The van der Waals surface area contributed by atoms with Gasteiger partial charge in [0.25, 0.3) is 0 Å². The molecular weight excluding hydrogens is 546 g/mol. The average Bonchev–Trinajstić information content (AvgIpc) is 3.31. The second kappa shape index (κ2) is 19.1. The van der Waals surface area contributed by atoms with Crippen molar-refractivity contribution < 1.29 is 19.4 Å². The van der Waals surface area contributed by atoms with Gasteiger partial charge in [-0.1, -0.05) is 66.2 Å². The number of aliphatic hydroxyl groups excluding tert-OH is 1. The van der Waals surface area contributed by atoms with E-state index in [0.29, 0.717) is 39.4 Å². The Hall–Kier alpha value is -2.29. The molecule has 8 heteroatoms. The van der Waals surface area contributed by atoms with Crippen molar-refractivity contribution in [3.8, 4) is 0 Å². The van der Waals surface area contributed by atoms with Crippen molar-refractivity contribution in [2.24, 2.45) is 22.1 Å². The first-order valence-corrected chi connectivity index (χ1v) is 16.9. The van der Waals surface area contributed by atoms with Gasteiger partial charge in [-0.2, -0.15) is 0 Å². The van der Waals surface area contributed by atoms with Gasteiger partial charge in [-0.15, -0.1) is 21.6 Å². The Morgan fingerprint density at radius 1 is 0.929 bits per heavy atom. The summed E-state index contributed by atoms with van der Waals surface area (Å²) in [4.78, 5) is 15.9. The second-order valence-corrected chi connectivity index (χ2v) is 12.2. The molecule has 0 saturated carbocycles. The predicted molar refractivity (Wildman–Crippen MR) is 176 cm³/mol. The molecule has 3 unspecified atom stereocenters. The fourth-order valence-electron chi connectivity index (χ4n) is 5.29. The number of aryl methyl sites for hydroxylation is 1. The van der Waals surface area contributed by atoms with Crippen LogP contribution >= 0.6 is 11.3 Å². The molecule has 0 aliphatic heterocycles. The molecule has 7 nitrogen and oxygen atoms in total. The molecule has 2 rings (SSSR count). The highest BCUT2D eigenvalue weighted by molar-refractivity contribution is 7.16. The maximum atomic E-state index is 12.8. The van der Waals surface area contributed by atoms with Crippen molar-refractivity contribution in [1.82, 2.24) is 0 Å². The first-order valence-electron chi connectivity index (χ1n) is 16.1. The lowest BCUT2D eigenvalue weighted by atomic mass is 9.95. The highest BCUT2D eigenvalue weighted by atomic mass is 32.1. The Labute approximate surface area is 258 Å². The lowest BCUT2D eigenvalue weighted by Crippen LogP contribution is -2.34. The maximum Gasteiger partial charge on any atom is 0.341 e. The first kappa shape index (κ1) is 35.9. The van der Waals surface area contributed by atoms with E-state index in [1.807, 2.05) is 13.0 Å². The number of rotatable bonds is 20. The Morgan fingerprint density at radius 2 is 1.55 bits per heavy atom. The third-order valence-corrected chi connectivity index (χ3v) is 9.24. The number of hydrogen-bond donors (Lipinski definition) is 1. The van der Waals surface area contributed by atoms with Crippen molar-refractivity contribution in [3.63, 3.8) is 0 Å². The maximum absolute atomic E-state index is 12.8. The molecule has 0 saturated heterocycles. The van der Waals surface area contributed by atoms with E-state index in [2.05, 4.69) is 61.9 Å². The molecule has 42 heavy (non-hydrogen) atoms. The van der Waals surface area contributed by atoms with Crippen LogP contribution in [0.2, 0.25) is 0 Å². The zero-order chi connectivity index (χ0) is 31.1. The highest BCUT2D eigenvalue weighted by Gasteiger charge is 2.26. The van der Waals surface area contributed by atoms with Gasteiger partial charge >= 0.3 is 5.97 Å². The summed E-state index contributed by atoms with van der Waals surface area (Å²) in [6, 6.07) is 6.42. The van der Waals surface area contributed by atoms with Crippen molar-refractivity contribution in [1.29, 1.82) is 0 Å². The molecule has 0 aliphatic rings. The molecule has 3 atom stereocenters. The topological polar surface area (TPSA) is 83.7 Å². The van der Waals surface area contributed by atoms with Gasteiger partial charge in [-0.05, 0) is 81.7 Å². The molecule has 1 N–H and O–H groups in total. The average molecular weight is 602 g/mol. The number of carbonyl (C=O) groups is 1. The third-order valence-electron chi connectivity index (χ3n) is 8.03. The van der Waals surface area contributed by atoms with E-state index in [4.69, 9.17) is 9.47 Å². The van der Waals surface area contributed by atoms with Crippen LogP contribution in [0, 0.1) is 25.7 Å². The predicted octanol–water partition coefficient (Wildman–Crippen LogP) is 10.2. The lowest BCUT2D eigenvalue weighted by Gasteiger charge is -2.33. The molecule has 236 valence electrons. The summed E-state index contributed by atoms with van der Waals surface area (Å²) in [6.45, 7) is 19.3. The van der Waals surface area contributed by atoms with Gasteiger partial charge in [-0.25, -0.2) is 4.79 Å². The Bertz CT molecular complexity index is 1100. The molecule has 2 aromatic rings. The summed E-state index contributed by atoms with van der Waals surface area (Å²) >= 11 is 1.21. The standard InChI is InChI=1S/C34H55N3O4S/c1-9-15-17-26(11-3)22-37(23-27(12-4)18-16-10-2)28-19-20-29(24(7)21-28)35-36-32-30(33(38)40-13-5)25(8)31(42-32)34(39)41-14-6/h19-21,26-27,34,39H,9-18,22-23H2,1-8H3/b36-35+. The van der Waals surface area contributed by atoms with Gasteiger partial charge in [0.15, 0.2) is 11.3 Å². The van der Waals surface area contributed by atoms with Gasteiger partial charge in [0.05, 0.1) is 17.2 Å². The second-order valence-electron chi connectivity index (χ2n) is 11.2. The van der Waals surface area contributed by atoms with Crippen LogP contribution in [0.4, 0.5) is 16.4 Å². The van der Waals surface area contributed by atoms with Gasteiger partial charge in [0, 0.05) is 25.4 Å². The van der Waals surface area contributed by atoms with Gasteiger partial charge in [-0.3, -0.25) is 0 Å². The van der Waals surface area contributed by atoms with Gasteiger partial charge < -0.3 is 19.5 Å². The number of anilines is 1. The van der Waals surface area contributed by atoms with E-state index in [1.165, 1.54) is 68.4 Å². The summed E-state index contributed by atoms with van der Waals surface area (Å²) in [7, 11) is 0. The minimum atomic E-state index is -1.13. The molecule has 0 spiro atoms. The van der Waals surface area contributed by atoms with E-state index in [9.17, 15) is 9.90 Å². The third kappa shape index (κ3) is 10.5. The number of unbranched alkanes of at least 4 members (excludes halogenated alkanes) is 2. The van der Waals surface area contributed by atoms with Gasteiger partial charge in [0.1, 0.15) is 5.56 Å². The van der Waals surface area contributed by atoms with Crippen molar-refractivity contribution in [2.45, 2.75) is 113 Å². The van der Waals surface area contributed by atoms with Crippen LogP contribution in [0.15, 0.2) is 28.4 Å². The zero-order valence-corrected chi connectivity index (χ0v) is 28.2. The van der Waals surface area contributed by atoms with Crippen LogP contribution in [0.25, 0.3) is 0 Å². The van der Waals surface area contributed by atoms with Crippen LogP contribution in [0.5, 0.6) is 0 Å². The highest BCUT2D eigenvalue weighted by Crippen LogP contribution is 2.40. The molecule has 1 heterocycles. The minimum Gasteiger partial charge on any atom is -0.462 e. The van der Waals surface area contributed by atoms with Crippen molar-refractivity contribution in [3.05, 3.63) is 39.8 Å². The SMILES string of the molecule is CCCCC(CC)CN(CC(CC)CCCC)c1ccc(/N=N/c2sc(C(O)OCC)c(C)c2C(=O)OCC)c(C)c1. The summed E-state index contributed by atoms with van der Waals surface area (Å²) in [6.07, 6.45) is 8.81. The summed E-state index contributed by atoms with van der Waals surface area (Å²) in [5.74, 6) is 0.885. The molecule has 1 aromatic heterocycles. The van der Waals surface area contributed by atoms with Gasteiger partial charge in [0.2, 0.25) is 0 Å². The lowest BCUT2D eigenvalue weighted by molar-refractivity contribution is -0.0958. The van der Waals surface area contributed by atoms with Crippen LogP contribution in [-0.4, -0.2) is 37.4 Å².